The van der Waals surface area contributed by atoms with Crippen LogP contribution in [0, 0.1) is 13.8 Å². The van der Waals surface area contributed by atoms with E-state index in [-0.39, 0.29) is 0 Å². The molecule has 2 heteroatoms. The Morgan fingerprint density at radius 3 is 2.50 bits per heavy atom. The van der Waals surface area contributed by atoms with Gasteiger partial charge in [-0.2, -0.15) is 0 Å². The number of nitrogens with two attached hydrogens (primary N) is 1. The van der Waals surface area contributed by atoms with Gasteiger partial charge in [-0.3, -0.25) is 0 Å². The van der Waals surface area contributed by atoms with Gasteiger partial charge in [0.05, 0.1) is 5.52 Å². The monoisotopic (exact) mass is 214 g/mol. The summed E-state index contributed by atoms with van der Waals surface area (Å²) in [5.74, 6) is 1.08. The van der Waals surface area contributed by atoms with E-state index in [1.165, 1.54) is 16.5 Å². The lowest BCUT2D eigenvalue weighted by molar-refractivity contribution is 0.866. The third-order valence-electron chi connectivity index (χ3n) is 3.19. The van der Waals surface area contributed by atoms with Gasteiger partial charge < -0.3 is 5.73 Å². The van der Waals surface area contributed by atoms with Crippen LogP contribution in [0.1, 0.15) is 36.5 Å². The molecule has 0 saturated carbocycles. The molecule has 2 rings (SSSR count). The molecule has 0 aliphatic rings. The standard InChI is InChI=1S/C14H18N2/c1-8(2)12-7-11-6-5-9(3)10(4)13(11)16-14(12)15/h5-8H,1-4H3,(H2,15,16). The van der Waals surface area contributed by atoms with Crippen LogP contribution < -0.4 is 5.73 Å². The lowest BCUT2D eigenvalue weighted by Gasteiger charge is -2.12. The summed E-state index contributed by atoms with van der Waals surface area (Å²) in [6.45, 7) is 8.47. The van der Waals surface area contributed by atoms with Crippen molar-refractivity contribution >= 4 is 16.7 Å². The molecule has 2 aromatic rings. The van der Waals surface area contributed by atoms with Crippen molar-refractivity contribution in [2.45, 2.75) is 33.6 Å². The minimum Gasteiger partial charge on any atom is -0.383 e. The maximum Gasteiger partial charge on any atom is 0.127 e. The predicted octanol–water partition coefficient (Wildman–Crippen LogP) is 3.56. The van der Waals surface area contributed by atoms with Gasteiger partial charge >= 0.3 is 0 Å². The molecular weight excluding hydrogens is 196 g/mol. The summed E-state index contributed by atoms with van der Waals surface area (Å²) in [6, 6.07) is 6.42. The summed E-state index contributed by atoms with van der Waals surface area (Å²) in [5, 5.41) is 1.18. The number of anilines is 1. The fourth-order valence-electron chi connectivity index (χ4n) is 1.98. The summed E-state index contributed by atoms with van der Waals surface area (Å²) in [6.07, 6.45) is 0. The van der Waals surface area contributed by atoms with Crippen molar-refractivity contribution in [3.05, 3.63) is 34.9 Å². The zero-order valence-corrected chi connectivity index (χ0v) is 10.3. The van der Waals surface area contributed by atoms with Crippen molar-refractivity contribution in [3.63, 3.8) is 0 Å². The number of pyridine rings is 1. The lowest BCUT2D eigenvalue weighted by Crippen LogP contribution is -2.01. The highest BCUT2D eigenvalue weighted by atomic mass is 14.8. The number of fused-ring (bicyclic) bond motifs is 1. The molecule has 0 unspecified atom stereocenters. The molecule has 16 heavy (non-hydrogen) atoms. The van der Waals surface area contributed by atoms with E-state index in [2.05, 4.69) is 50.9 Å². The van der Waals surface area contributed by atoms with Gasteiger partial charge in [-0.25, -0.2) is 4.98 Å². The summed E-state index contributed by atoms with van der Waals surface area (Å²) >= 11 is 0. The third-order valence-corrected chi connectivity index (χ3v) is 3.19. The highest BCUT2D eigenvalue weighted by Crippen LogP contribution is 2.27. The van der Waals surface area contributed by atoms with Crippen LogP contribution in [0.15, 0.2) is 18.2 Å². The molecule has 0 spiro atoms. The van der Waals surface area contributed by atoms with Gasteiger partial charge in [0.2, 0.25) is 0 Å². The van der Waals surface area contributed by atoms with Crippen LogP contribution in [-0.4, -0.2) is 4.98 Å². The first-order valence-corrected chi connectivity index (χ1v) is 5.67. The highest BCUT2D eigenvalue weighted by Gasteiger charge is 2.09. The molecule has 1 aromatic heterocycles. The van der Waals surface area contributed by atoms with E-state index in [0.717, 1.165) is 11.1 Å². The Kier molecular flexibility index (Phi) is 2.58. The molecule has 0 radical (unpaired) electrons. The number of aromatic nitrogens is 1. The number of nitrogen functional groups attached to an aromatic ring is 1. The number of nitrogens with zero attached hydrogens (tertiary/aromatic N) is 1. The quantitative estimate of drug-likeness (QED) is 0.788. The number of benzene rings is 1. The van der Waals surface area contributed by atoms with Crippen molar-refractivity contribution in [1.29, 1.82) is 0 Å². The van der Waals surface area contributed by atoms with Gasteiger partial charge in [-0.1, -0.05) is 26.0 Å². The molecule has 0 fully saturated rings. The molecule has 84 valence electrons. The van der Waals surface area contributed by atoms with Crippen LogP contribution in [0.4, 0.5) is 5.82 Å². The second-order valence-electron chi connectivity index (χ2n) is 4.70. The van der Waals surface area contributed by atoms with E-state index in [1.54, 1.807) is 0 Å². The Balaban J connectivity index is 2.79. The average molecular weight is 214 g/mol. The second-order valence-corrected chi connectivity index (χ2v) is 4.70. The molecule has 0 atom stereocenters. The van der Waals surface area contributed by atoms with Crippen LogP contribution >= 0.6 is 0 Å². The van der Waals surface area contributed by atoms with Gasteiger partial charge in [-0.05, 0) is 42.5 Å². The van der Waals surface area contributed by atoms with E-state index in [4.69, 9.17) is 5.73 Å². The van der Waals surface area contributed by atoms with Gasteiger partial charge in [0, 0.05) is 5.39 Å². The smallest absolute Gasteiger partial charge is 0.127 e. The van der Waals surface area contributed by atoms with Crippen LogP contribution in [0.2, 0.25) is 0 Å². The maximum atomic E-state index is 6.00. The van der Waals surface area contributed by atoms with Gasteiger partial charge in [0.15, 0.2) is 0 Å². The first-order chi connectivity index (χ1) is 7.50. The van der Waals surface area contributed by atoms with Gasteiger partial charge in [-0.15, -0.1) is 0 Å². The van der Waals surface area contributed by atoms with E-state index in [1.807, 2.05) is 0 Å². The van der Waals surface area contributed by atoms with Crippen molar-refractivity contribution in [3.8, 4) is 0 Å². The summed E-state index contributed by atoms with van der Waals surface area (Å²) < 4.78 is 0. The Morgan fingerprint density at radius 2 is 1.88 bits per heavy atom. The van der Waals surface area contributed by atoms with E-state index < -0.39 is 0 Å². The number of hydrogen-bond donors (Lipinski definition) is 1. The van der Waals surface area contributed by atoms with Crippen LogP contribution in [-0.2, 0) is 0 Å². The number of rotatable bonds is 1. The number of aryl methyl sites for hydroxylation is 2. The summed E-state index contributed by atoms with van der Waals surface area (Å²) in [4.78, 5) is 4.54. The largest absolute Gasteiger partial charge is 0.383 e. The summed E-state index contributed by atoms with van der Waals surface area (Å²) in [5.41, 5.74) is 10.6. The van der Waals surface area contributed by atoms with Gasteiger partial charge in [0.1, 0.15) is 5.82 Å². The second kappa shape index (κ2) is 3.78. The SMILES string of the molecule is Cc1ccc2cc(C(C)C)c(N)nc2c1C. The Morgan fingerprint density at radius 1 is 1.19 bits per heavy atom. The zero-order chi connectivity index (χ0) is 11.9. The average Bonchev–Trinajstić information content (AvgIpc) is 2.23. The molecule has 0 aliphatic heterocycles. The Labute approximate surface area is 96.5 Å². The minimum absolute atomic E-state index is 0.415. The minimum atomic E-state index is 0.415. The van der Waals surface area contributed by atoms with E-state index >= 15 is 0 Å². The molecule has 0 amide bonds. The lowest BCUT2D eigenvalue weighted by atomic mass is 9.99. The van der Waals surface area contributed by atoms with Gasteiger partial charge in [0.25, 0.3) is 0 Å². The van der Waals surface area contributed by atoms with E-state index in [0.29, 0.717) is 11.7 Å². The molecule has 2 nitrogen and oxygen atoms in total. The molecule has 2 N–H and O–H groups in total. The van der Waals surface area contributed by atoms with Crippen molar-refractivity contribution in [2.24, 2.45) is 0 Å². The van der Waals surface area contributed by atoms with Crippen LogP contribution in [0.25, 0.3) is 10.9 Å². The number of hydrogen-bond acceptors (Lipinski definition) is 2. The maximum absolute atomic E-state index is 6.00. The fraction of sp³-hybridized carbons (Fsp3) is 0.357. The molecule has 0 bridgehead atoms. The molecule has 1 aromatic carbocycles. The van der Waals surface area contributed by atoms with Crippen LogP contribution in [0.3, 0.4) is 0 Å². The molecular formula is C14H18N2. The first-order valence-electron chi connectivity index (χ1n) is 5.67. The van der Waals surface area contributed by atoms with Crippen LogP contribution in [0.5, 0.6) is 0 Å². The molecule has 1 heterocycles. The predicted molar refractivity (Wildman–Crippen MR) is 69.7 cm³/mol. The van der Waals surface area contributed by atoms with E-state index in [9.17, 15) is 0 Å². The Bertz CT molecular complexity index is 542. The van der Waals surface area contributed by atoms with Crippen molar-refractivity contribution in [1.82, 2.24) is 4.98 Å². The molecule has 0 aliphatic carbocycles. The first kappa shape index (κ1) is 10.9. The van der Waals surface area contributed by atoms with Crippen molar-refractivity contribution in [2.75, 3.05) is 5.73 Å². The summed E-state index contributed by atoms with van der Waals surface area (Å²) in [7, 11) is 0. The fourth-order valence-corrected chi connectivity index (χ4v) is 1.98. The highest BCUT2D eigenvalue weighted by molar-refractivity contribution is 5.85. The Hall–Kier alpha value is -1.57. The normalized spacial score (nSPS) is 11.3. The molecule has 0 saturated heterocycles. The third kappa shape index (κ3) is 1.64. The zero-order valence-electron chi connectivity index (χ0n) is 10.3. The van der Waals surface area contributed by atoms with Crippen molar-refractivity contribution < 1.29 is 0 Å². The topological polar surface area (TPSA) is 38.9 Å².